The highest BCUT2D eigenvalue weighted by Crippen LogP contribution is 2.79. The lowest BCUT2D eigenvalue weighted by Gasteiger charge is -2.76. The Hall–Kier alpha value is -2.51. The van der Waals surface area contributed by atoms with Crippen molar-refractivity contribution in [2.24, 2.45) is 79.6 Å². The number of carboxylic acids is 1. The Morgan fingerprint density at radius 1 is 0.943 bits per heavy atom. The molecule has 70 heavy (non-hydrogen) atoms. The van der Waals surface area contributed by atoms with E-state index < -0.39 is 93.1 Å². The first-order valence-corrected chi connectivity index (χ1v) is 27.1. The van der Waals surface area contributed by atoms with Crippen molar-refractivity contribution in [1.29, 1.82) is 0 Å². The number of allylic oxidation sites excluding steroid dienone is 2. The van der Waals surface area contributed by atoms with Crippen LogP contribution in [0.5, 0.6) is 0 Å². The molecule has 20 atom stereocenters. The molecule has 9 rings (SSSR count). The predicted octanol–water partition coefficient (Wildman–Crippen LogP) is 4.15. The number of rotatable bonds is 15. The van der Waals surface area contributed by atoms with Crippen LogP contribution in [0.25, 0.3) is 0 Å². The third-order valence-corrected chi connectivity index (χ3v) is 22.1. The van der Waals surface area contributed by atoms with Gasteiger partial charge >= 0.3 is 5.97 Å². The number of fused-ring (bicyclic) bond motifs is 7. The molecule has 2 saturated heterocycles. The van der Waals surface area contributed by atoms with Crippen LogP contribution in [-0.2, 0) is 19.1 Å². The van der Waals surface area contributed by atoms with Crippen molar-refractivity contribution in [3.8, 4) is 0 Å². The van der Waals surface area contributed by atoms with Gasteiger partial charge in [0, 0.05) is 48.4 Å². The van der Waals surface area contributed by atoms with E-state index in [2.05, 4.69) is 42.1 Å². The number of nitrogens with one attached hydrogen (secondary N) is 2. The van der Waals surface area contributed by atoms with Crippen molar-refractivity contribution >= 4 is 11.9 Å². The summed E-state index contributed by atoms with van der Waals surface area (Å²) in [6.45, 7) is 8.51. The van der Waals surface area contributed by atoms with Crippen molar-refractivity contribution < 1.29 is 59.9 Å². The molecule has 5 saturated carbocycles. The summed E-state index contributed by atoms with van der Waals surface area (Å²) >= 11 is 0. The molecule has 394 valence electrons. The van der Waals surface area contributed by atoms with Gasteiger partial charge in [-0.15, -0.1) is 0 Å². The third-order valence-electron chi connectivity index (χ3n) is 22.1. The van der Waals surface area contributed by atoms with E-state index in [9.17, 15) is 50.4 Å². The number of carbonyl (C=O) groups excluding carboxylic acids is 1. The fraction of sp³-hybridized carbons (Fsp3) is 0.870. The molecule has 12 N–H and O–H groups in total. The number of aliphatic carboxylic acids is 1. The second-order valence-electron chi connectivity index (χ2n) is 25.0. The molecule has 7 fully saturated rings. The molecular formula is C54H86N4O12. The van der Waals surface area contributed by atoms with E-state index >= 15 is 0 Å². The highest BCUT2D eigenvalue weighted by molar-refractivity contribution is 5.82. The Kier molecular flexibility index (Phi) is 14.7. The molecule has 1 amide bonds. The van der Waals surface area contributed by atoms with Crippen molar-refractivity contribution in [2.45, 2.75) is 186 Å². The molecule has 0 radical (unpaired) electrons. The number of hydrogen-bond donors (Lipinski definition) is 11. The van der Waals surface area contributed by atoms with Gasteiger partial charge in [0.25, 0.3) is 0 Å². The molecule has 1 aromatic rings. The van der Waals surface area contributed by atoms with Gasteiger partial charge in [-0.25, -0.2) is 4.98 Å². The van der Waals surface area contributed by atoms with Crippen LogP contribution in [0.15, 0.2) is 24.2 Å². The van der Waals surface area contributed by atoms with Gasteiger partial charge in [-0.1, -0.05) is 58.6 Å². The number of ether oxygens (including phenoxy) is 2. The van der Waals surface area contributed by atoms with E-state index in [1.807, 2.05) is 6.92 Å². The summed E-state index contributed by atoms with van der Waals surface area (Å²) in [5, 5.41) is 94.8. The Morgan fingerprint density at radius 2 is 1.69 bits per heavy atom. The van der Waals surface area contributed by atoms with Crippen LogP contribution in [0, 0.1) is 73.9 Å². The van der Waals surface area contributed by atoms with E-state index in [4.69, 9.17) is 15.2 Å². The van der Waals surface area contributed by atoms with Crippen molar-refractivity contribution in [2.75, 3.05) is 33.0 Å². The highest BCUT2D eigenvalue weighted by Gasteiger charge is 2.76. The number of imidazole rings is 1. The molecule has 2 aliphatic heterocycles. The maximum atomic E-state index is 14.5. The summed E-state index contributed by atoms with van der Waals surface area (Å²) in [5.74, 6) is -3.05. The van der Waals surface area contributed by atoms with Crippen LogP contribution < -0.4 is 11.1 Å². The van der Waals surface area contributed by atoms with Gasteiger partial charge in [0.05, 0.1) is 37.2 Å². The second kappa shape index (κ2) is 19.6. The number of amides is 1. The summed E-state index contributed by atoms with van der Waals surface area (Å²) in [4.78, 5) is 35.8. The molecule has 0 bridgehead atoms. The van der Waals surface area contributed by atoms with E-state index in [1.54, 1.807) is 12.5 Å². The molecule has 0 aromatic carbocycles. The number of aromatic amines is 1. The molecular weight excluding hydrogens is 897 g/mol. The molecule has 16 nitrogen and oxygen atoms in total. The van der Waals surface area contributed by atoms with Gasteiger partial charge in [0.1, 0.15) is 18.3 Å². The number of carboxylic acid groups (broad SMARTS) is 1. The monoisotopic (exact) mass is 983 g/mol. The summed E-state index contributed by atoms with van der Waals surface area (Å²) < 4.78 is 12.8. The Labute approximate surface area is 414 Å². The van der Waals surface area contributed by atoms with Crippen molar-refractivity contribution in [3.05, 3.63) is 29.9 Å². The van der Waals surface area contributed by atoms with Crippen molar-refractivity contribution in [3.63, 3.8) is 0 Å². The van der Waals surface area contributed by atoms with Gasteiger partial charge in [-0.2, -0.15) is 0 Å². The van der Waals surface area contributed by atoms with Crippen LogP contribution in [0.2, 0.25) is 0 Å². The third kappa shape index (κ3) is 7.92. The number of nitrogens with zero attached hydrogens (tertiary/aromatic N) is 1. The zero-order valence-electron chi connectivity index (χ0n) is 42.2. The Morgan fingerprint density at radius 3 is 2.34 bits per heavy atom. The van der Waals surface area contributed by atoms with Crippen LogP contribution in [0.4, 0.5) is 0 Å². The lowest BCUT2D eigenvalue weighted by molar-refractivity contribution is -0.350. The summed E-state index contributed by atoms with van der Waals surface area (Å²) in [6, 6.07) is -0.407. The molecule has 3 heterocycles. The fourth-order valence-corrected chi connectivity index (χ4v) is 18.2. The van der Waals surface area contributed by atoms with Gasteiger partial charge < -0.3 is 66.4 Å². The normalized spacial score (nSPS) is 47.8. The van der Waals surface area contributed by atoms with Crippen LogP contribution in [0.1, 0.15) is 148 Å². The highest BCUT2D eigenvalue weighted by atomic mass is 16.7. The van der Waals surface area contributed by atoms with E-state index in [0.717, 1.165) is 44.2 Å². The maximum absolute atomic E-state index is 14.5. The quantitative estimate of drug-likeness (QED) is 0.0871. The number of carbonyl (C=O) groups is 2. The summed E-state index contributed by atoms with van der Waals surface area (Å²) in [6.07, 6.45) is 9.45. The summed E-state index contributed by atoms with van der Waals surface area (Å²) in [5.41, 5.74) is 4.30. The zero-order chi connectivity index (χ0) is 50.2. The topological polar surface area (TPSA) is 281 Å². The SMILES string of the molecule is CC1(CO)CCC2(C(=O)O)CCC3(C)C(=CCC4C5(C6CCCCC6)C(CC6C(CCO)C(=O)NC6C(CCCN)c6cnc[nH]6)C(O)C(OC6OCC(O)C(O)C6O)C(C)(CO)C5CCC43C)C2C1. The summed E-state index contributed by atoms with van der Waals surface area (Å²) in [7, 11) is 0. The maximum Gasteiger partial charge on any atom is 0.310 e. The average molecular weight is 983 g/mol. The molecule has 6 aliphatic carbocycles. The lowest BCUT2D eigenvalue weighted by Crippen LogP contribution is -2.75. The van der Waals surface area contributed by atoms with Crippen LogP contribution in [-0.4, -0.2) is 139 Å². The Bertz CT molecular complexity index is 2050. The minimum atomic E-state index is -1.64. The van der Waals surface area contributed by atoms with Crippen LogP contribution in [0.3, 0.4) is 0 Å². The number of aliphatic hydroxyl groups is 7. The largest absolute Gasteiger partial charge is 0.481 e. The van der Waals surface area contributed by atoms with Crippen LogP contribution >= 0.6 is 0 Å². The minimum Gasteiger partial charge on any atom is -0.481 e. The lowest BCUT2D eigenvalue weighted by atomic mass is 9.29. The molecule has 0 spiro atoms. The first-order valence-electron chi connectivity index (χ1n) is 27.1. The second-order valence-corrected chi connectivity index (χ2v) is 25.0. The van der Waals surface area contributed by atoms with Gasteiger partial charge in [-0.3, -0.25) is 9.59 Å². The smallest absolute Gasteiger partial charge is 0.310 e. The number of nitrogens with two attached hydrogens (primary N) is 1. The molecule has 20 unspecified atom stereocenters. The first-order chi connectivity index (χ1) is 33.4. The number of hydrogen-bond acceptors (Lipinski definition) is 13. The van der Waals surface area contributed by atoms with E-state index in [0.29, 0.717) is 70.8 Å². The van der Waals surface area contributed by atoms with Gasteiger partial charge in [0.15, 0.2) is 6.29 Å². The first kappa shape index (κ1) is 52.4. The fourth-order valence-electron chi connectivity index (χ4n) is 18.2. The van der Waals surface area contributed by atoms with E-state index in [1.165, 1.54) is 5.57 Å². The molecule has 16 heteroatoms. The zero-order valence-corrected chi connectivity index (χ0v) is 42.2. The standard InChI is InChI=1S/C54H86N4O12/c1-49(27-60)17-19-53(48(67)68)20-18-51(3)34(36(53)24-49)12-13-40-52(51,4)16-14-39-50(2,28-61)45(70-47-44(65)43(64)38(62)26-69-47)42(63)35(54(39,40)30-9-6-5-7-10-30)23-33-31(15-22-59)46(66)58-41(33)32(11-8-21-55)37-25-56-29-57-37/h12,25,29-33,35-36,38-45,47,59-65H,5-11,13-24,26-28,55H2,1-4H3,(H,56,57)(H,58,66)(H,67,68). The molecule has 8 aliphatic rings. The average Bonchev–Trinajstić information content (AvgIpc) is 4.00. The number of H-pyrrole nitrogens is 1. The molecule has 1 aromatic heterocycles. The minimum absolute atomic E-state index is 0.00911. The Balaban J connectivity index is 1.25. The number of aromatic nitrogens is 2. The van der Waals surface area contributed by atoms with Gasteiger partial charge in [-0.05, 0) is 154 Å². The number of aliphatic hydroxyl groups excluding tert-OH is 7. The van der Waals surface area contributed by atoms with Gasteiger partial charge in [0.2, 0.25) is 5.91 Å². The predicted molar refractivity (Wildman–Crippen MR) is 258 cm³/mol. The van der Waals surface area contributed by atoms with Crippen molar-refractivity contribution in [1.82, 2.24) is 15.3 Å². The van der Waals surface area contributed by atoms with E-state index in [-0.39, 0.29) is 74.3 Å².